The van der Waals surface area contributed by atoms with Gasteiger partial charge in [-0.15, -0.1) is 0 Å². The number of rotatable bonds is 5. The minimum Gasteiger partial charge on any atom is -0.305 e. The molecule has 3 aromatic rings. The Labute approximate surface area is 123 Å². The van der Waals surface area contributed by atoms with Crippen LogP contribution in [0.3, 0.4) is 0 Å². The number of hydrogen-bond acceptors (Lipinski definition) is 4. The van der Waals surface area contributed by atoms with Crippen molar-refractivity contribution in [2.75, 3.05) is 0 Å². The highest BCUT2D eigenvalue weighted by Crippen LogP contribution is 2.19. The van der Waals surface area contributed by atoms with Crippen molar-refractivity contribution in [3.05, 3.63) is 66.1 Å². The molecule has 0 amide bonds. The van der Waals surface area contributed by atoms with E-state index in [2.05, 4.69) is 20.5 Å². The molecule has 3 rings (SSSR count). The van der Waals surface area contributed by atoms with Crippen LogP contribution in [0.2, 0.25) is 0 Å². The predicted molar refractivity (Wildman–Crippen MR) is 81.2 cm³/mol. The monoisotopic (exact) mass is 279 g/mol. The zero-order valence-corrected chi connectivity index (χ0v) is 11.9. The van der Waals surface area contributed by atoms with Gasteiger partial charge < -0.3 is 5.32 Å². The minimum atomic E-state index is 0.661. The van der Waals surface area contributed by atoms with Crippen molar-refractivity contribution >= 4 is 0 Å². The van der Waals surface area contributed by atoms with Crippen LogP contribution in [-0.4, -0.2) is 20.0 Å². The molecule has 0 aliphatic rings. The van der Waals surface area contributed by atoms with Gasteiger partial charge in [-0.05, 0) is 12.1 Å². The second-order valence-corrected chi connectivity index (χ2v) is 4.78. The maximum absolute atomic E-state index is 4.46. The molecule has 0 saturated carbocycles. The van der Waals surface area contributed by atoms with Crippen molar-refractivity contribution in [1.29, 1.82) is 0 Å². The van der Waals surface area contributed by atoms with Crippen molar-refractivity contribution in [3.8, 4) is 11.3 Å². The van der Waals surface area contributed by atoms with Gasteiger partial charge in [-0.2, -0.15) is 15.0 Å². The van der Waals surface area contributed by atoms with Gasteiger partial charge in [0.25, 0.3) is 0 Å². The van der Waals surface area contributed by atoms with E-state index in [-0.39, 0.29) is 0 Å². The summed E-state index contributed by atoms with van der Waals surface area (Å²) in [7, 11) is 1.84. The average molecular weight is 279 g/mol. The van der Waals surface area contributed by atoms with Crippen LogP contribution in [0, 0.1) is 0 Å². The molecule has 0 aliphatic carbocycles. The van der Waals surface area contributed by atoms with Crippen LogP contribution in [-0.2, 0) is 20.1 Å². The Kier molecular flexibility index (Phi) is 4.02. The number of pyridine rings is 1. The summed E-state index contributed by atoms with van der Waals surface area (Å²) in [5.41, 5.74) is 3.97. The van der Waals surface area contributed by atoms with Gasteiger partial charge in [0, 0.05) is 31.9 Å². The first-order valence-corrected chi connectivity index (χ1v) is 6.89. The number of nitrogens with zero attached hydrogens (tertiary/aromatic N) is 4. The normalized spacial score (nSPS) is 10.7. The molecule has 0 fully saturated rings. The number of nitrogens with one attached hydrogen (secondary N) is 1. The van der Waals surface area contributed by atoms with Crippen molar-refractivity contribution in [2.45, 2.75) is 13.1 Å². The van der Waals surface area contributed by atoms with Gasteiger partial charge in [-0.25, -0.2) is 0 Å². The SMILES string of the molecule is Cn1nc(CNCc2ccccn2)c(-c2ccccc2)n1. The first-order chi connectivity index (χ1) is 10.3. The molecular formula is C16H17N5. The van der Waals surface area contributed by atoms with Gasteiger partial charge in [-0.3, -0.25) is 4.98 Å². The Hall–Kier alpha value is -2.53. The molecule has 0 spiro atoms. The lowest BCUT2D eigenvalue weighted by Gasteiger charge is -2.03. The van der Waals surface area contributed by atoms with E-state index in [0.29, 0.717) is 13.1 Å². The van der Waals surface area contributed by atoms with Gasteiger partial charge in [0.15, 0.2) is 0 Å². The largest absolute Gasteiger partial charge is 0.305 e. The summed E-state index contributed by atoms with van der Waals surface area (Å²) >= 11 is 0. The molecule has 21 heavy (non-hydrogen) atoms. The number of benzene rings is 1. The molecule has 106 valence electrons. The lowest BCUT2D eigenvalue weighted by molar-refractivity contribution is 0.620. The molecular weight excluding hydrogens is 262 g/mol. The Balaban J connectivity index is 1.71. The Morgan fingerprint density at radius 1 is 0.952 bits per heavy atom. The zero-order valence-electron chi connectivity index (χ0n) is 11.9. The maximum atomic E-state index is 4.46. The molecule has 0 saturated heterocycles. The second-order valence-electron chi connectivity index (χ2n) is 4.78. The second kappa shape index (κ2) is 6.28. The number of aromatic nitrogens is 4. The summed E-state index contributed by atoms with van der Waals surface area (Å²) < 4.78 is 0. The fourth-order valence-electron chi connectivity index (χ4n) is 2.20. The smallest absolute Gasteiger partial charge is 0.117 e. The van der Waals surface area contributed by atoms with E-state index >= 15 is 0 Å². The van der Waals surface area contributed by atoms with Crippen LogP contribution in [0.25, 0.3) is 11.3 Å². The van der Waals surface area contributed by atoms with Crippen LogP contribution in [0.4, 0.5) is 0 Å². The molecule has 2 heterocycles. The molecule has 2 aromatic heterocycles. The van der Waals surface area contributed by atoms with Gasteiger partial charge in [-0.1, -0.05) is 36.4 Å². The minimum absolute atomic E-state index is 0.661. The van der Waals surface area contributed by atoms with E-state index in [9.17, 15) is 0 Å². The van der Waals surface area contributed by atoms with Gasteiger partial charge in [0.05, 0.1) is 5.69 Å². The Bertz CT molecular complexity index is 691. The molecule has 0 bridgehead atoms. The molecule has 5 nitrogen and oxygen atoms in total. The fraction of sp³-hybridized carbons (Fsp3) is 0.188. The summed E-state index contributed by atoms with van der Waals surface area (Å²) in [6, 6.07) is 16.0. The van der Waals surface area contributed by atoms with E-state index in [1.54, 1.807) is 11.0 Å². The molecule has 0 aliphatic heterocycles. The Morgan fingerprint density at radius 2 is 1.76 bits per heavy atom. The summed E-state index contributed by atoms with van der Waals surface area (Å²) in [6.07, 6.45) is 1.80. The van der Waals surface area contributed by atoms with Crippen LogP contribution >= 0.6 is 0 Å². The van der Waals surface area contributed by atoms with Crippen LogP contribution < -0.4 is 5.32 Å². The highest BCUT2D eigenvalue weighted by atomic mass is 15.5. The number of hydrogen-bond donors (Lipinski definition) is 1. The van der Waals surface area contributed by atoms with Gasteiger partial charge >= 0.3 is 0 Å². The quantitative estimate of drug-likeness (QED) is 0.777. The van der Waals surface area contributed by atoms with E-state index in [1.807, 2.05) is 55.6 Å². The summed E-state index contributed by atoms with van der Waals surface area (Å²) in [5.74, 6) is 0. The van der Waals surface area contributed by atoms with E-state index < -0.39 is 0 Å². The van der Waals surface area contributed by atoms with E-state index in [1.165, 1.54) is 0 Å². The third-order valence-corrected chi connectivity index (χ3v) is 3.16. The molecule has 0 atom stereocenters. The number of aryl methyl sites for hydroxylation is 1. The summed E-state index contributed by atoms with van der Waals surface area (Å²) in [6.45, 7) is 1.38. The molecule has 0 unspecified atom stereocenters. The predicted octanol–water partition coefficient (Wildman–Crippen LogP) is 2.17. The molecule has 1 aromatic carbocycles. The maximum Gasteiger partial charge on any atom is 0.117 e. The van der Waals surface area contributed by atoms with Crippen LogP contribution in [0.5, 0.6) is 0 Å². The van der Waals surface area contributed by atoms with Crippen molar-refractivity contribution in [1.82, 2.24) is 25.3 Å². The van der Waals surface area contributed by atoms with Crippen molar-refractivity contribution < 1.29 is 0 Å². The first-order valence-electron chi connectivity index (χ1n) is 6.89. The topological polar surface area (TPSA) is 55.6 Å². The van der Waals surface area contributed by atoms with Gasteiger partial charge in [0.2, 0.25) is 0 Å². The highest BCUT2D eigenvalue weighted by Gasteiger charge is 2.11. The third kappa shape index (κ3) is 3.32. The lowest BCUT2D eigenvalue weighted by Crippen LogP contribution is -2.14. The molecule has 0 radical (unpaired) electrons. The van der Waals surface area contributed by atoms with Crippen molar-refractivity contribution in [2.24, 2.45) is 7.05 Å². The summed E-state index contributed by atoms with van der Waals surface area (Å²) in [4.78, 5) is 5.90. The fourth-order valence-corrected chi connectivity index (χ4v) is 2.20. The average Bonchev–Trinajstić information content (AvgIpc) is 2.90. The standard InChI is InChI=1S/C16H17N5/c1-21-19-15(12-17-11-14-9-5-6-10-18-14)16(20-21)13-7-3-2-4-8-13/h2-10,17H,11-12H2,1H3. The third-order valence-electron chi connectivity index (χ3n) is 3.16. The van der Waals surface area contributed by atoms with Crippen molar-refractivity contribution in [3.63, 3.8) is 0 Å². The lowest BCUT2D eigenvalue weighted by atomic mass is 10.1. The zero-order chi connectivity index (χ0) is 14.5. The van der Waals surface area contributed by atoms with E-state index in [4.69, 9.17) is 0 Å². The highest BCUT2D eigenvalue weighted by molar-refractivity contribution is 5.60. The van der Waals surface area contributed by atoms with E-state index in [0.717, 1.165) is 22.6 Å². The Morgan fingerprint density at radius 3 is 2.52 bits per heavy atom. The van der Waals surface area contributed by atoms with Gasteiger partial charge in [0.1, 0.15) is 11.4 Å². The first kappa shape index (κ1) is 13.5. The summed E-state index contributed by atoms with van der Waals surface area (Å²) in [5, 5.41) is 12.3. The molecule has 5 heteroatoms. The van der Waals surface area contributed by atoms with Crippen LogP contribution in [0.1, 0.15) is 11.4 Å². The van der Waals surface area contributed by atoms with Crippen LogP contribution in [0.15, 0.2) is 54.7 Å². The molecule has 1 N–H and O–H groups in total.